The van der Waals surface area contributed by atoms with Gasteiger partial charge in [-0.05, 0) is 64.8 Å². The molecule has 8 heteroatoms. The van der Waals surface area contributed by atoms with Crippen LogP contribution in [0.3, 0.4) is 0 Å². The Bertz CT molecular complexity index is 727. The maximum Gasteiger partial charge on any atom is 0.416 e. The second kappa shape index (κ2) is 7.96. The van der Waals surface area contributed by atoms with Crippen LogP contribution in [0.2, 0.25) is 5.02 Å². The van der Waals surface area contributed by atoms with Gasteiger partial charge in [0.2, 0.25) is 0 Å². The summed E-state index contributed by atoms with van der Waals surface area (Å²) in [6.07, 6.45) is -3.44. The molecule has 1 aromatic carbocycles. The van der Waals surface area contributed by atoms with Crippen LogP contribution < -0.4 is 5.32 Å². The molecule has 136 valence electrons. The Kier molecular flexibility index (Phi) is 6.11. The molecule has 3 rings (SSSR count). The van der Waals surface area contributed by atoms with Crippen LogP contribution in [0, 0.1) is 0 Å². The molecular weight excluding hydrogens is 437 g/mol. The van der Waals surface area contributed by atoms with E-state index in [2.05, 4.69) is 26.1 Å². The van der Waals surface area contributed by atoms with Gasteiger partial charge in [0.05, 0.1) is 15.4 Å². The molecule has 0 radical (unpaired) electrons. The van der Waals surface area contributed by atoms with Crippen LogP contribution in [0.15, 0.2) is 34.1 Å². The highest BCUT2D eigenvalue weighted by Gasteiger charge is 2.33. The minimum Gasteiger partial charge on any atom is -0.315 e. The Morgan fingerprint density at radius 3 is 2.64 bits per heavy atom. The van der Waals surface area contributed by atoms with Gasteiger partial charge in [0.25, 0.3) is 0 Å². The van der Waals surface area contributed by atoms with Crippen molar-refractivity contribution in [3.05, 3.63) is 55.1 Å². The quantitative estimate of drug-likeness (QED) is 0.654. The average molecular weight is 454 g/mol. The van der Waals surface area contributed by atoms with E-state index in [1.807, 2.05) is 12.1 Å². The minimum absolute atomic E-state index is 0.286. The van der Waals surface area contributed by atoms with Gasteiger partial charge in [-0.25, -0.2) is 0 Å². The van der Waals surface area contributed by atoms with Crippen molar-refractivity contribution >= 4 is 38.9 Å². The molecule has 2 heterocycles. The van der Waals surface area contributed by atoms with E-state index in [9.17, 15) is 13.2 Å². The molecule has 0 amide bonds. The topological polar surface area (TPSA) is 15.3 Å². The Hall–Kier alpha value is -0.600. The molecule has 0 aliphatic carbocycles. The fourth-order valence-corrected chi connectivity index (χ4v) is 4.86. The van der Waals surface area contributed by atoms with Crippen molar-refractivity contribution < 1.29 is 13.2 Å². The summed E-state index contributed by atoms with van der Waals surface area (Å²) >= 11 is 11.3. The van der Waals surface area contributed by atoms with Crippen molar-refractivity contribution in [2.24, 2.45) is 0 Å². The van der Waals surface area contributed by atoms with E-state index in [1.165, 1.54) is 23.5 Å². The van der Waals surface area contributed by atoms with Gasteiger partial charge in [-0.2, -0.15) is 13.2 Å². The number of hydrogen-bond acceptors (Lipinski definition) is 3. The molecule has 0 bridgehead atoms. The van der Waals surface area contributed by atoms with Crippen LogP contribution in [-0.2, 0) is 6.18 Å². The lowest BCUT2D eigenvalue weighted by atomic mass is 10.00. The zero-order chi connectivity index (χ0) is 18.0. The number of hydrogen-bond donors (Lipinski definition) is 1. The van der Waals surface area contributed by atoms with Crippen molar-refractivity contribution in [3.8, 4) is 0 Å². The largest absolute Gasteiger partial charge is 0.416 e. The molecule has 1 aliphatic heterocycles. The summed E-state index contributed by atoms with van der Waals surface area (Å²) in [5.74, 6) is 0. The van der Waals surface area contributed by atoms with E-state index in [-0.39, 0.29) is 6.04 Å². The van der Waals surface area contributed by atoms with Gasteiger partial charge in [-0.1, -0.05) is 11.6 Å². The van der Waals surface area contributed by atoms with E-state index in [0.717, 1.165) is 47.3 Å². The molecule has 1 aliphatic rings. The number of nitrogens with one attached hydrogen (secondary N) is 1. The fourth-order valence-electron chi connectivity index (χ4n) is 3.06. The molecule has 1 aromatic heterocycles. The average Bonchev–Trinajstić information content (AvgIpc) is 2.81. The highest BCUT2D eigenvalue weighted by atomic mass is 79.9. The first-order chi connectivity index (χ1) is 11.9. The molecule has 1 N–H and O–H groups in total. The van der Waals surface area contributed by atoms with Gasteiger partial charge in [-0.3, -0.25) is 4.90 Å². The maximum absolute atomic E-state index is 13.2. The minimum atomic E-state index is -4.39. The third kappa shape index (κ3) is 4.57. The number of halogens is 5. The van der Waals surface area contributed by atoms with Crippen LogP contribution >= 0.6 is 38.9 Å². The first-order valence-corrected chi connectivity index (χ1v) is 9.91. The smallest absolute Gasteiger partial charge is 0.315 e. The van der Waals surface area contributed by atoms with Crippen LogP contribution in [0.5, 0.6) is 0 Å². The monoisotopic (exact) mass is 452 g/mol. The predicted molar refractivity (Wildman–Crippen MR) is 99.4 cm³/mol. The zero-order valence-electron chi connectivity index (χ0n) is 13.2. The van der Waals surface area contributed by atoms with Gasteiger partial charge in [-0.15, -0.1) is 11.3 Å². The summed E-state index contributed by atoms with van der Waals surface area (Å²) in [5, 5.41) is 3.69. The van der Waals surface area contributed by atoms with E-state index >= 15 is 0 Å². The number of rotatable bonds is 3. The van der Waals surface area contributed by atoms with Crippen LogP contribution in [0.1, 0.15) is 28.5 Å². The molecule has 1 atom stereocenters. The van der Waals surface area contributed by atoms with E-state index in [0.29, 0.717) is 10.6 Å². The van der Waals surface area contributed by atoms with E-state index in [4.69, 9.17) is 11.6 Å². The Labute approximate surface area is 162 Å². The number of nitrogens with zero attached hydrogens (tertiary/aromatic N) is 1. The van der Waals surface area contributed by atoms with Crippen LogP contribution in [-0.4, -0.2) is 31.1 Å². The molecule has 1 saturated heterocycles. The molecule has 2 nitrogen and oxygen atoms in total. The molecule has 1 unspecified atom stereocenters. The second-order valence-corrected chi connectivity index (χ2v) is 8.82. The molecular formula is C17H17BrClF3N2S. The Morgan fingerprint density at radius 1 is 1.16 bits per heavy atom. The predicted octanol–water partition coefficient (Wildman–Crippen LogP) is 5.57. The SMILES string of the molecule is FC(F)(F)c1ccc(Cl)c(C(c2ccc(Br)s2)N2CCCNCC2)c1. The molecule has 0 saturated carbocycles. The molecule has 1 fully saturated rings. The van der Waals surface area contributed by atoms with Gasteiger partial charge in [0.1, 0.15) is 0 Å². The van der Waals surface area contributed by atoms with Gasteiger partial charge >= 0.3 is 6.18 Å². The van der Waals surface area contributed by atoms with Gasteiger partial charge in [0, 0.05) is 29.5 Å². The van der Waals surface area contributed by atoms with Crippen molar-refractivity contribution in [2.45, 2.75) is 18.6 Å². The molecule has 0 spiro atoms. The summed E-state index contributed by atoms with van der Waals surface area (Å²) in [6, 6.07) is 7.17. The summed E-state index contributed by atoms with van der Waals surface area (Å²) in [5.41, 5.74) is -0.159. The van der Waals surface area contributed by atoms with E-state index in [1.54, 1.807) is 0 Å². The van der Waals surface area contributed by atoms with Crippen molar-refractivity contribution in [1.29, 1.82) is 0 Å². The molecule has 25 heavy (non-hydrogen) atoms. The van der Waals surface area contributed by atoms with Crippen LogP contribution in [0.25, 0.3) is 0 Å². The molecule has 2 aromatic rings. The summed E-state index contributed by atoms with van der Waals surface area (Å²) in [6.45, 7) is 3.28. The lowest BCUT2D eigenvalue weighted by Gasteiger charge is -2.31. The summed E-state index contributed by atoms with van der Waals surface area (Å²) in [7, 11) is 0. The van der Waals surface area contributed by atoms with Crippen molar-refractivity contribution in [2.75, 3.05) is 26.2 Å². The second-order valence-electron chi connectivity index (χ2n) is 5.92. The normalized spacial score (nSPS) is 18.1. The van der Waals surface area contributed by atoms with Crippen LogP contribution in [0.4, 0.5) is 13.2 Å². The standard InChI is InChI=1S/C17H17BrClF3N2S/c18-15-5-4-14(25-15)16(24-8-1-6-23-7-9-24)12-10-11(17(20,21)22)2-3-13(12)19/h2-5,10,16,23H,1,6-9H2. The Morgan fingerprint density at radius 2 is 1.96 bits per heavy atom. The lowest BCUT2D eigenvalue weighted by Crippen LogP contribution is -2.33. The van der Waals surface area contributed by atoms with E-state index < -0.39 is 11.7 Å². The van der Waals surface area contributed by atoms with Crippen molar-refractivity contribution in [3.63, 3.8) is 0 Å². The van der Waals surface area contributed by atoms with Gasteiger partial charge < -0.3 is 5.32 Å². The maximum atomic E-state index is 13.2. The number of benzene rings is 1. The van der Waals surface area contributed by atoms with Gasteiger partial charge in [0.15, 0.2) is 0 Å². The number of thiophene rings is 1. The first kappa shape index (κ1) is 19.2. The number of alkyl halides is 3. The highest BCUT2D eigenvalue weighted by Crippen LogP contribution is 2.41. The fraction of sp³-hybridized carbons (Fsp3) is 0.412. The Balaban J connectivity index is 2.07. The first-order valence-electron chi connectivity index (χ1n) is 7.93. The third-order valence-corrected chi connectivity index (χ3v) is 6.24. The summed E-state index contributed by atoms with van der Waals surface area (Å²) < 4.78 is 40.6. The van der Waals surface area contributed by atoms with Crippen molar-refractivity contribution in [1.82, 2.24) is 10.2 Å². The zero-order valence-corrected chi connectivity index (χ0v) is 16.4. The summed E-state index contributed by atoms with van der Waals surface area (Å²) in [4.78, 5) is 3.19. The lowest BCUT2D eigenvalue weighted by molar-refractivity contribution is -0.137. The third-order valence-electron chi connectivity index (χ3n) is 4.22. The highest BCUT2D eigenvalue weighted by molar-refractivity contribution is 9.11.